The van der Waals surface area contributed by atoms with Crippen LogP contribution >= 0.6 is 0 Å². The van der Waals surface area contributed by atoms with E-state index in [2.05, 4.69) is 30.7 Å². The number of nitrogens with zero attached hydrogens (tertiary/aromatic N) is 1. The number of aromatic amines is 1. The molecule has 1 heterocycles. The highest BCUT2D eigenvalue weighted by Gasteiger charge is 2.31. The molecular weight excluding hydrogens is 224 g/mol. The Morgan fingerprint density at radius 3 is 2.28 bits per heavy atom. The Labute approximate surface area is 110 Å². The molecule has 1 saturated carbocycles. The van der Waals surface area contributed by atoms with E-state index in [-0.39, 0.29) is 5.88 Å². The average Bonchev–Trinajstić information content (AvgIpc) is 2.69. The molecule has 0 atom stereocenters. The molecule has 1 aromatic rings. The van der Waals surface area contributed by atoms with Gasteiger partial charge < -0.3 is 10.1 Å². The molecule has 102 valence electrons. The summed E-state index contributed by atoms with van der Waals surface area (Å²) in [5.41, 5.74) is 1.30. The maximum Gasteiger partial charge on any atom is 0.232 e. The topological polar surface area (TPSA) is 48.9 Å². The molecule has 0 saturated heterocycles. The van der Waals surface area contributed by atoms with Crippen LogP contribution in [0.3, 0.4) is 0 Å². The number of H-pyrrole nitrogens is 1. The fourth-order valence-corrected chi connectivity index (χ4v) is 3.09. The van der Waals surface area contributed by atoms with Crippen molar-refractivity contribution in [3.05, 3.63) is 11.5 Å². The van der Waals surface area contributed by atoms with Crippen molar-refractivity contribution in [2.45, 2.75) is 65.7 Å². The fraction of sp³-hybridized carbons (Fsp3) is 0.800. The summed E-state index contributed by atoms with van der Waals surface area (Å²) in [6.45, 7) is 9.05. The summed E-state index contributed by atoms with van der Waals surface area (Å²) in [4.78, 5) is 7.59. The van der Waals surface area contributed by atoms with Gasteiger partial charge in [0.05, 0.1) is 5.69 Å². The van der Waals surface area contributed by atoms with Crippen molar-refractivity contribution in [2.24, 2.45) is 11.3 Å². The molecule has 2 N–H and O–H groups in total. The van der Waals surface area contributed by atoms with Crippen molar-refractivity contribution in [1.29, 1.82) is 0 Å². The van der Waals surface area contributed by atoms with Gasteiger partial charge in [0.1, 0.15) is 5.82 Å². The summed E-state index contributed by atoms with van der Waals surface area (Å²) >= 11 is 0. The van der Waals surface area contributed by atoms with Crippen molar-refractivity contribution in [3.8, 4) is 5.88 Å². The van der Waals surface area contributed by atoms with Crippen LogP contribution in [0.1, 0.15) is 70.8 Å². The molecular formula is C15H26N2O. The van der Waals surface area contributed by atoms with Crippen LogP contribution in [0.4, 0.5) is 0 Å². The summed E-state index contributed by atoms with van der Waals surface area (Å²) in [7, 11) is 0. The summed E-state index contributed by atoms with van der Waals surface area (Å²) < 4.78 is 0. The van der Waals surface area contributed by atoms with Crippen LogP contribution in [0.15, 0.2) is 0 Å². The largest absolute Gasteiger partial charge is 0.492 e. The smallest absolute Gasteiger partial charge is 0.232 e. The first-order valence-electron chi connectivity index (χ1n) is 7.19. The molecule has 1 fully saturated rings. The number of rotatable bonds is 2. The molecule has 2 rings (SSSR count). The Kier molecular flexibility index (Phi) is 3.69. The Balaban J connectivity index is 2.01. The van der Waals surface area contributed by atoms with Crippen molar-refractivity contribution >= 4 is 0 Å². The monoisotopic (exact) mass is 250 g/mol. The van der Waals surface area contributed by atoms with Crippen molar-refractivity contribution < 1.29 is 5.11 Å². The van der Waals surface area contributed by atoms with Crippen molar-refractivity contribution in [3.63, 3.8) is 0 Å². The third kappa shape index (κ3) is 2.70. The third-order valence-corrected chi connectivity index (χ3v) is 4.47. The maximum atomic E-state index is 9.70. The van der Waals surface area contributed by atoms with Crippen LogP contribution in [0, 0.1) is 11.3 Å². The first-order valence-corrected chi connectivity index (χ1v) is 7.19. The summed E-state index contributed by atoms with van der Waals surface area (Å²) in [5, 5.41) is 9.70. The van der Waals surface area contributed by atoms with Gasteiger partial charge in [0, 0.05) is 5.92 Å². The minimum Gasteiger partial charge on any atom is -0.492 e. The molecule has 0 amide bonds. The SMILES string of the molecule is CCc1[nH]c(C2CCC(C(C)(C)C)CC2)nc1O. The molecule has 3 heteroatoms. The number of hydrogen-bond acceptors (Lipinski definition) is 2. The molecule has 18 heavy (non-hydrogen) atoms. The summed E-state index contributed by atoms with van der Waals surface area (Å²) in [6, 6.07) is 0. The molecule has 0 aliphatic heterocycles. The summed E-state index contributed by atoms with van der Waals surface area (Å²) in [6.07, 6.45) is 5.75. The molecule has 0 bridgehead atoms. The van der Waals surface area contributed by atoms with Gasteiger partial charge in [-0.25, -0.2) is 0 Å². The number of nitrogens with one attached hydrogen (secondary N) is 1. The zero-order valence-corrected chi connectivity index (χ0v) is 12.1. The number of imidazole rings is 1. The van der Waals surface area contributed by atoms with Crippen LogP contribution < -0.4 is 0 Å². The minimum atomic E-state index is 0.199. The Bertz CT molecular complexity index is 395. The normalized spacial score (nSPS) is 25.3. The number of aromatic hydroxyl groups is 1. The average molecular weight is 250 g/mol. The third-order valence-electron chi connectivity index (χ3n) is 4.47. The van der Waals surface area contributed by atoms with Gasteiger partial charge in [-0.15, -0.1) is 0 Å². The van der Waals surface area contributed by atoms with Crippen molar-refractivity contribution in [2.75, 3.05) is 0 Å². The quantitative estimate of drug-likeness (QED) is 0.833. The van der Waals surface area contributed by atoms with Gasteiger partial charge in [-0.2, -0.15) is 4.98 Å². The van der Waals surface area contributed by atoms with Gasteiger partial charge in [-0.3, -0.25) is 0 Å². The Morgan fingerprint density at radius 1 is 1.22 bits per heavy atom. The van der Waals surface area contributed by atoms with E-state index >= 15 is 0 Å². The zero-order valence-electron chi connectivity index (χ0n) is 12.1. The van der Waals surface area contributed by atoms with Crippen LogP contribution in [0.5, 0.6) is 5.88 Å². The first kappa shape index (κ1) is 13.4. The molecule has 0 radical (unpaired) electrons. The predicted octanol–water partition coefficient (Wildman–Crippen LogP) is 4.00. The van der Waals surface area contributed by atoms with Crippen LogP contribution in [-0.2, 0) is 6.42 Å². The highest BCUT2D eigenvalue weighted by molar-refractivity contribution is 5.21. The van der Waals surface area contributed by atoms with Crippen LogP contribution in [0.2, 0.25) is 0 Å². The maximum absolute atomic E-state index is 9.70. The second-order valence-corrected chi connectivity index (χ2v) is 6.69. The van der Waals surface area contributed by atoms with E-state index in [1.807, 2.05) is 6.92 Å². The first-order chi connectivity index (χ1) is 8.41. The molecule has 3 nitrogen and oxygen atoms in total. The lowest BCUT2D eigenvalue weighted by Crippen LogP contribution is -2.25. The molecule has 0 aromatic carbocycles. The Morgan fingerprint density at radius 2 is 1.83 bits per heavy atom. The lowest BCUT2D eigenvalue weighted by Gasteiger charge is -2.36. The lowest BCUT2D eigenvalue weighted by molar-refractivity contribution is 0.167. The van der Waals surface area contributed by atoms with E-state index in [4.69, 9.17) is 0 Å². The van der Waals surface area contributed by atoms with E-state index in [1.165, 1.54) is 25.7 Å². The van der Waals surface area contributed by atoms with Gasteiger partial charge in [0.25, 0.3) is 0 Å². The van der Waals surface area contributed by atoms with Gasteiger partial charge in [0.2, 0.25) is 5.88 Å². The van der Waals surface area contributed by atoms with E-state index in [9.17, 15) is 5.11 Å². The van der Waals surface area contributed by atoms with Gasteiger partial charge >= 0.3 is 0 Å². The number of aryl methyl sites for hydroxylation is 1. The standard InChI is InChI=1S/C15H26N2O/c1-5-12-14(18)17-13(16-12)10-6-8-11(9-7-10)15(2,3)4/h10-11,18H,5-9H2,1-4H3,(H,16,17). The lowest BCUT2D eigenvalue weighted by atomic mass is 9.70. The van der Waals surface area contributed by atoms with E-state index < -0.39 is 0 Å². The second kappa shape index (κ2) is 4.94. The molecule has 1 aromatic heterocycles. The van der Waals surface area contributed by atoms with Crippen molar-refractivity contribution in [1.82, 2.24) is 9.97 Å². The van der Waals surface area contributed by atoms with Crippen LogP contribution in [0.25, 0.3) is 0 Å². The second-order valence-electron chi connectivity index (χ2n) is 6.69. The van der Waals surface area contributed by atoms with E-state index in [0.717, 1.165) is 23.9 Å². The highest BCUT2D eigenvalue weighted by Crippen LogP contribution is 2.42. The molecule has 1 aliphatic rings. The predicted molar refractivity (Wildman–Crippen MR) is 73.8 cm³/mol. The molecule has 0 unspecified atom stereocenters. The molecule has 0 spiro atoms. The minimum absolute atomic E-state index is 0.199. The fourth-order valence-electron chi connectivity index (χ4n) is 3.09. The van der Waals surface area contributed by atoms with Gasteiger partial charge in [-0.1, -0.05) is 27.7 Å². The van der Waals surface area contributed by atoms with Gasteiger partial charge in [-0.05, 0) is 43.4 Å². The Hall–Kier alpha value is -0.990. The highest BCUT2D eigenvalue weighted by atomic mass is 16.3. The summed E-state index contributed by atoms with van der Waals surface area (Å²) in [5.74, 6) is 2.53. The zero-order chi connectivity index (χ0) is 13.3. The van der Waals surface area contributed by atoms with Gasteiger partial charge in [0.15, 0.2) is 0 Å². The van der Waals surface area contributed by atoms with E-state index in [1.54, 1.807) is 0 Å². The number of hydrogen-bond donors (Lipinski definition) is 2. The van der Waals surface area contributed by atoms with E-state index in [0.29, 0.717) is 11.3 Å². The molecule has 1 aliphatic carbocycles. The van der Waals surface area contributed by atoms with Crippen LogP contribution in [-0.4, -0.2) is 15.1 Å². The number of aromatic nitrogens is 2.